The fourth-order valence-corrected chi connectivity index (χ4v) is 3.07. The van der Waals surface area contributed by atoms with Gasteiger partial charge in [0, 0.05) is 22.4 Å². The van der Waals surface area contributed by atoms with Gasteiger partial charge in [-0.1, -0.05) is 48.0 Å². The summed E-state index contributed by atoms with van der Waals surface area (Å²) >= 11 is 6.10. The molecule has 0 aliphatic carbocycles. The van der Waals surface area contributed by atoms with E-state index < -0.39 is 17.8 Å². The number of anilines is 1. The first-order valence-electron chi connectivity index (χ1n) is 9.95. The van der Waals surface area contributed by atoms with Gasteiger partial charge in [0.15, 0.2) is 5.78 Å². The third-order valence-corrected chi connectivity index (χ3v) is 5.00. The van der Waals surface area contributed by atoms with Crippen LogP contribution >= 0.6 is 11.6 Å². The maximum Gasteiger partial charge on any atom is 0.430 e. The van der Waals surface area contributed by atoms with Crippen LogP contribution in [0.25, 0.3) is 0 Å². The number of halogens is 4. The predicted molar refractivity (Wildman–Crippen MR) is 127 cm³/mol. The molecule has 0 saturated carbocycles. The molecule has 5 nitrogen and oxygen atoms in total. The number of alkyl halides is 3. The lowest BCUT2D eigenvalue weighted by molar-refractivity contribution is -0.0925. The summed E-state index contributed by atoms with van der Waals surface area (Å²) in [6.45, 7) is 1.42. The molecule has 174 valence electrons. The maximum atomic E-state index is 13.1. The first kappa shape index (κ1) is 24.7. The number of nitrogens with two attached hydrogens (primary N) is 1. The largest absolute Gasteiger partial charge is 0.430 e. The van der Waals surface area contributed by atoms with Gasteiger partial charge in [0.2, 0.25) is 0 Å². The number of rotatable bonds is 6. The van der Waals surface area contributed by atoms with E-state index in [2.05, 4.69) is 10.3 Å². The summed E-state index contributed by atoms with van der Waals surface area (Å²) in [4.78, 5) is 28.4. The van der Waals surface area contributed by atoms with Gasteiger partial charge in [-0.05, 0) is 49.4 Å². The van der Waals surface area contributed by atoms with Crippen molar-refractivity contribution in [2.45, 2.75) is 13.1 Å². The number of benzene rings is 3. The summed E-state index contributed by atoms with van der Waals surface area (Å²) in [5, 5.41) is 2.93. The Labute approximate surface area is 198 Å². The third kappa shape index (κ3) is 6.32. The van der Waals surface area contributed by atoms with E-state index in [0.717, 1.165) is 0 Å². The Kier molecular flexibility index (Phi) is 7.53. The second kappa shape index (κ2) is 10.4. The number of aliphatic imine (C=N–C) groups is 1. The fraction of sp³-hybridized carbons (Fsp3) is 0.0800. The van der Waals surface area contributed by atoms with Gasteiger partial charge < -0.3 is 11.1 Å². The summed E-state index contributed by atoms with van der Waals surface area (Å²) in [7, 11) is 0. The van der Waals surface area contributed by atoms with E-state index in [-0.39, 0.29) is 27.8 Å². The SMILES string of the molecule is CC(=O)c1cccc(NC(=O)c2ccc(C(/C=C(\N)C(F)(F)F)=Nc3ccccc3Cl)cc2)c1. The average Bonchev–Trinajstić information content (AvgIpc) is 2.79. The Morgan fingerprint density at radius 1 is 0.941 bits per heavy atom. The van der Waals surface area contributed by atoms with E-state index in [1.165, 1.54) is 31.2 Å². The molecule has 0 bridgehead atoms. The molecule has 34 heavy (non-hydrogen) atoms. The molecule has 0 spiro atoms. The van der Waals surface area contributed by atoms with Gasteiger partial charge >= 0.3 is 6.18 Å². The number of Topliss-reactive ketones (excluding diaryl/α,β-unsaturated/α-hetero) is 1. The van der Waals surface area contributed by atoms with Crippen molar-refractivity contribution in [1.82, 2.24) is 0 Å². The molecular weight excluding hydrogens is 467 g/mol. The highest BCUT2D eigenvalue weighted by Crippen LogP contribution is 2.27. The van der Waals surface area contributed by atoms with Crippen molar-refractivity contribution in [2.75, 3.05) is 5.32 Å². The number of para-hydroxylation sites is 1. The molecule has 0 aliphatic heterocycles. The third-order valence-electron chi connectivity index (χ3n) is 4.68. The fourth-order valence-electron chi connectivity index (χ4n) is 2.89. The standard InChI is InChI=1S/C25H19ClF3N3O2/c1-15(33)18-5-4-6-19(13-18)31-24(34)17-11-9-16(10-12-17)22(14-23(30)25(27,28)29)32-21-8-3-2-7-20(21)26/h2-14H,30H2,1H3,(H,31,34)/b23-14-,32-22?. The van der Waals surface area contributed by atoms with Crippen molar-refractivity contribution in [2.24, 2.45) is 10.7 Å². The van der Waals surface area contributed by atoms with E-state index in [1.807, 2.05) is 0 Å². The molecule has 1 amide bonds. The quantitative estimate of drug-likeness (QED) is 0.316. The van der Waals surface area contributed by atoms with Crippen molar-refractivity contribution in [3.8, 4) is 0 Å². The molecule has 3 rings (SSSR count). The van der Waals surface area contributed by atoms with Crippen molar-refractivity contribution in [1.29, 1.82) is 0 Å². The number of hydrogen-bond acceptors (Lipinski definition) is 4. The van der Waals surface area contributed by atoms with Crippen LogP contribution in [0.15, 0.2) is 89.6 Å². The van der Waals surface area contributed by atoms with Gasteiger partial charge in [0.25, 0.3) is 5.91 Å². The van der Waals surface area contributed by atoms with Crippen molar-refractivity contribution in [3.05, 3.63) is 106 Å². The highest BCUT2D eigenvalue weighted by molar-refractivity contribution is 6.33. The van der Waals surface area contributed by atoms with Crippen LogP contribution in [0.5, 0.6) is 0 Å². The Hall–Kier alpha value is -3.91. The minimum absolute atomic E-state index is 0.0796. The van der Waals surface area contributed by atoms with Crippen LogP contribution in [0.2, 0.25) is 5.02 Å². The zero-order valence-electron chi connectivity index (χ0n) is 17.9. The number of allylic oxidation sites excluding steroid dienone is 2. The Balaban J connectivity index is 1.92. The lowest BCUT2D eigenvalue weighted by Gasteiger charge is -2.10. The molecule has 0 saturated heterocycles. The van der Waals surface area contributed by atoms with Gasteiger partial charge in [-0.25, -0.2) is 4.99 Å². The summed E-state index contributed by atoms with van der Waals surface area (Å²) in [6, 6.07) is 18.7. The van der Waals surface area contributed by atoms with E-state index in [0.29, 0.717) is 22.9 Å². The molecule has 0 aromatic heterocycles. The normalized spacial score (nSPS) is 12.4. The Morgan fingerprint density at radius 2 is 1.59 bits per heavy atom. The number of nitrogens with one attached hydrogen (secondary N) is 1. The minimum atomic E-state index is -4.74. The Morgan fingerprint density at radius 3 is 2.21 bits per heavy atom. The summed E-state index contributed by atoms with van der Waals surface area (Å²) in [6.07, 6.45) is -4.03. The summed E-state index contributed by atoms with van der Waals surface area (Å²) in [5.41, 5.74) is 5.49. The number of carbonyl (C=O) groups excluding carboxylic acids is 2. The topological polar surface area (TPSA) is 84.5 Å². The van der Waals surface area contributed by atoms with Crippen molar-refractivity contribution < 1.29 is 22.8 Å². The molecule has 3 N–H and O–H groups in total. The molecule has 3 aromatic rings. The average molecular weight is 486 g/mol. The van der Waals surface area contributed by atoms with Crippen LogP contribution in [0.4, 0.5) is 24.5 Å². The molecule has 3 aromatic carbocycles. The molecular formula is C25H19ClF3N3O2. The molecule has 0 heterocycles. The van der Waals surface area contributed by atoms with Crippen molar-refractivity contribution >= 4 is 40.4 Å². The highest BCUT2D eigenvalue weighted by Gasteiger charge is 2.31. The number of ketones is 1. The highest BCUT2D eigenvalue weighted by atomic mass is 35.5. The first-order valence-corrected chi connectivity index (χ1v) is 10.3. The van der Waals surface area contributed by atoms with Gasteiger partial charge in [-0.3, -0.25) is 9.59 Å². The van der Waals surface area contributed by atoms with Crippen LogP contribution < -0.4 is 11.1 Å². The zero-order chi connectivity index (χ0) is 24.9. The smallest absolute Gasteiger partial charge is 0.395 e. The number of hydrogen-bond donors (Lipinski definition) is 2. The van der Waals surface area contributed by atoms with Gasteiger partial charge in [0.05, 0.1) is 16.4 Å². The lowest BCUT2D eigenvalue weighted by Crippen LogP contribution is -2.21. The summed E-state index contributed by atoms with van der Waals surface area (Å²) < 4.78 is 39.2. The van der Waals surface area contributed by atoms with Crippen LogP contribution in [-0.4, -0.2) is 23.6 Å². The second-order valence-electron chi connectivity index (χ2n) is 7.21. The minimum Gasteiger partial charge on any atom is -0.395 e. The lowest BCUT2D eigenvalue weighted by atomic mass is 10.1. The van der Waals surface area contributed by atoms with Crippen LogP contribution in [0.3, 0.4) is 0 Å². The molecule has 0 unspecified atom stereocenters. The van der Waals surface area contributed by atoms with Crippen LogP contribution in [-0.2, 0) is 0 Å². The van der Waals surface area contributed by atoms with Crippen LogP contribution in [0, 0.1) is 0 Å². The van der Waals surface area contributed by atoms with Gasteiger partial charge in [-0.15, -0.1) is 0 Å². The van der Waals surface area contributed by atoms with E-state index >= 15 is 0 Å². The predicted octanol–water partition coefficient (Wildman–Crippen LogP) is 6.32. The number of carbonyl (C=O) groups is 2. The second-order valence-corrected chi connectivity index (χ2v) is 7.62. The zero-order valence-corrected chi connectivity index (χ0v) is 18.6. The monoisotopic (exact) mass is 485 g/mol. The molecule has 0 atom stereocenters. The Bertz CT molecular complexity index is 1280. The summed E-state index contributed by atoms with van der Waals surface area (Å²) in [5.74, 6) is -0.598. The number of amides is 1. The molecule has 9 heteroatoms. The number of nitrogens with zero attached hydrogens (tertiary/aromatic N) is 1. The van der Waals surface area contributed by atoms with Crippen molar-refractivity contribution in [3.63, 3.8) is 0 Å². The molecule has 0 aliphatic rings. The van der Waals surface area contributed by atoms with E-state index in [9.17, 15) is 22.8 Å². The van der Waals surface area contributed by atoms with E-state index in [1.54, 1.807) is 48.5 Å². The van der Waals surface area contributed by atoms with E-state index in [4.69, 9.17) is 17.3 Å². The molecule has 0 radical (unpaired) electrons. The molecule has 0 fully saturated rings. The van der Waals surface area contributed by atoms with Gasteiger partial charge in [-0.2, -0.15) is 13.2 Å². The van der Waals surface area contributed by atoms with Crippen LogP contribution in [0.1, 0.15) is 33.2 Å². The first-order chi connectivity index (χ1) is 16.0. The maximum absolute atomic E-state index is 13.1. The van der Waals surface area contributed by atoms with Gasteiger partial charge in [0.1, 0.15) is 5.70 Å².